The number of carbonyl (C=O) groups is 1. The van der Waals surface area contributed by atoms with E-state index in [0.717, 1.165) is 11.1 Å². The number of hydrogen-bond acceptors (Lipinski definition) is 4. The van der Waals surface area contributed by atoms with E-state index in [4.69, 9.17) is 33.0 Å². The van der Waals surface area contributed by atoms with Crippen molar-refractivity contribution in [2.75, 3.05) is 5.43 Å². The SMILES string of the molecule is O=C(O)c1ccc(N/N=C/c2ccccc2OCc2ccc(Cl)cc2Cl)cc1. The zero-order valence-corrected chi connectivity index (χ0v) is 16.1. The van der Waals surface area contributed by atoms with Crippen molar-refractivity contribution >= 4 is 41.1 Å². The monoisotopic (exact) mass is 414 g/mol. The summed E-state index contributed by atoms with van der Waals surface area (Å²) in [5.41, 5.74) is 5.36. The maximum atomic E-state index is 10.9. The molecule has 0 radical (unpaired) electrons. The van der Waals surface area contributed by atoms with Crippen molar-refractivity contribution in [2.24, 2.45) is 5.10 Å². The quantitative estimate of drug-likeness (QED) is 0.383. The average Bonchev–Trinajstić information content (AvgIpc) is 2.68. The molecule has 0 atom stereocenters. The van der Waals surface area contributed by atoms with Gasteiger partial charge in [-0.15, -0.1) is 0 Å². The first-order chi connectivity index (χ1) is 13.5. The van der Waals surface area contributed by atoms with Gasteiger partial charge in [-0.1, -0.05) is 41.4 Å². The molecule has 0 saturated carbocycles. The molecule has 0 spiro atoms. The predicted octanol–water partition coefficient (Wildman–Crippen LogP) is 5.72. The summed E-state index contributed by atoms with van der Waals surface area (Å²) in [6.45, 7) is 0.297. The second-order valence-electron chi connectivity index (χ2n) is 5.81. The summed E-state index contributed by atoms with van der Waals surface area (Å²) < 4.78 is 5.88. The van der Waals surface area contributed by atoms with Gasteiger partial charge in [-0.2, -0.15) is 5.10 Å². The number of rotatable bonds is 7. The van der Waals surface area contributed by atoms with Crippen LogP contribution in [0.3, 0.4) is 0 Å². The van der Waals surface area contributed by atoms with Gasteiger partial charge >= 0.3 is 5.97 Å². The van der Waals surface area contributed by atoms with E-state index in [1.807, 2.05) is 30.3 Å². The molecule has 0 unspecified atom stereocenters. The molecule has 2 N–H and O–H groups in total. The summed E-state index contributed by atoms with van der Waals surface area (Å²) in [6.07, 6.45) is 1.63. The molecule has 5 nitrogen and oxygen atoms in total. The van der Waals surface area contributed by atoms with Crippen LogP contribution in [-0.2, 0) is 6.61 Å². The van der Waals surface area contributed by atoms with E-state index < -0.39 is 5.97 Å². The number of anilines is 1. The zero-order chi connectivity index (χ0) is 19.9. The minimum atomic E-state index is -0.970. The third-order valence-electron chi connectivity index (χ3n) is 3.85. The molecule has 0 amide bonds. The van der Waals surface area contributed by atoms with Crippen molar-refractivity contribution in [3.63, 3.8) is 0 Å². The Labute approximate surface area is 172 Å². The number of halogens is 2. The van der Waals surface area contributed by atoms with Crippen molar-refractivity contribution in [3.05, 3.63) is 93.5 Å². The summed E-state index contributed by atoms with van der Waals surface area (Å²) in [6, 6.07) is 19.0. The van der Waals surface area contributed by atoms with Crippen LogP contribution in [-0.4, -0.2) is 17.3 Å². The molecule has 0 bridgehead atoms. The standard InChI is InChI=1S/C21H16Cl2N2O3/c22-17-8-5-16(19(23)11-17)13-28-20-4-2-1-3-15(20)12-24-25-18-9-6-14(7-10-18)21(26)27/h1-12,25H,13H2,(H,26,27)/b24-12+. The first-order valence-corrected chi connectivity index (χ1v) is 9.07. The molecule has 0 heterocycles. The molecule has 3 aromatic rings. The molecule has 7 heteroatoms. The van der Waals surface area contributed by atoms with Crippen LogP contribution >= 0.6 is 23.2 Å². The molecular weight excluding hydrogens is 399 g/mol. The Morgan fingerprint density at radius 2 is 1.82 bits per heavy atom. The van der Waals surface area contributed by atoms with Crippen LogP contribution in [0.4, 0.5) is 5.69 Å². The number of aromatic carboxylic acids is 1. The van der Waals surface area contributed by atoms with Gasteiger partial charge in [-0.3, -0.25) is 5.43 Å². The van der Waals surface area contributed by atoms with E-state index in [0.29, 0.717) is 28.1 Å². The topological polar surface area (TPSA) is 70.9 Å². The lowest BCUT2D eigenvalue weighted by molar-refractivity contribution is 0.0697. The molecular formula is C21H16Cl2N2O3. The maximum absolute atomic E-state index is 10.9. The maximum Gasteiger partial charge on any atom is 0.335 e. The second kappa shape index (κ2) is 9.26. The predicted molar refractivity (Wildman–Crippen MR) is 112 cm³/mol. The van der Waals surface area contributed by atoms with E-state index in [-0.39, 0.29) is 5.56 Å². The Morgan fingerprint density at radius 3 is 2.54 bits per heavy atom. The average molecular weight is 415 g/mol. The van der Waals surface area contributed by atoms with Gasteiger partial charge in [-0.25, -0.2) is 4.79 Å². The van der Waals surface area contributed by atoms with E-state index in [9.17, 15) is 4.79 Å². The zero-order valence-electron chi connectivity index (χ0n) is 14.6. The van der Waals surface area contributed by atoms with Gasteiger partial charge in [0.1, 0.15) is 12.4 Å². The van der Waals surface area contributed by atoms with Gasteiger partial charge in [0.2, 0.25) is 0 Å². The van der Waals surface area contributed by atoms with Gasteiger partial charge in [-0.05, 0) is 48.5 Å². The third kappa shape index (κ3) is 5.25. The number of hydrazone groups is 1. The van der Waals surface area contributed by atoms with Crippen LogP contribution in [0, 0.1) is 0 Å². The summed E-state index contributed by atoms with van der Waals surface area (Å²) in [5, 5.41) is 14.2. The second-order valence-corrected chi connectivity index (χ2v) is 6.66. The minimum Gasteiger partial charge on any atom is -0.488 e. The van der Waals surface area contributed by atoms with E-state index in [1.165, 1.54) is 12.1 Å². The fraction of sp³-hybridized carbons (Fsp3) is 0.0476. The molecule has 0 aliphatic heterocycles. The van der Waals surface area contributed by atoms with Crippen molar-refractivity contribution in [1.82, 2.24) is 0 Å². The summed E-state index contributed by atoms with van der Waals surface area (Å²) in [4.78, 5) is 10.9. The Bertz CT molecular complexity index is 1000. The number of nitrogens with zero attached hydrogens (tertiary/aromatic N) is 1. The van der Waals surface area contributed by atoms with Gasteiger partial charge in [0.25, 0.3) is 0 Å². The third-order valence-corrected chi connectivity index (χ3v) is 4.43. The molecule has 0 aliphatic rings. The molecule has 0 saturated heterocycles. The van der Waals surface area contributed by atoms with E-state index in [1.54, 1.807) is 30.5 Å². The van der Waals surface area contributed by atoms with Crippen LogP contribution in [0.1, 0.15) is 21.5 Å². The van der Waals surface area contributed by atoms with Gasteiger partial charge < -0.3 is 9.84 Å². The molecule has 3 rings (SSSR count). The van der Waals surface area contributed by atoms with E-state index >= 15 is 0 Å². The smallest absolute Gasteiger partial charge is 0.335 e. The highest BCUT2D eigenvalue weighted by atomic mass is 35.5. The lowest BCUT2D eigenvalue weighted by Gasteiger charge is -2.10. The molecule has 142 valence electrons. The number of ether oxygens (including phenoxy) is 1. The van der Waals surface area contributed by atoms with Crippen LogP contribution in [0.2, 0.25) is 10.0 Å². The Hall–Kier alpha value is -3.02. The lowest BCUT2D eigenvalue weighted by Crippen LogP contribution is -2.00. The summed E-state index contributed by atoms with van der Waals surface area (Å²) in [5.74, 6) is -0.317. The summed E-state index contributed by atoms with van der Waals surface area (Å²) in [7, 11) is 0. The highest BCUT2D eigenvalue weighted by Crippen LogP contribution is 2.24. The van der Waals surface area contributed by atoms with Crippen LogP contribution in [0.15, 0.2) is 71.8 Å². The molecule has 0 aromatic heterocycles. The Kier molecular flexibility index (Phi) is 6.53. The van der Waals surface area contributed by atoms with E-state index in [2.05, 4.69) is 10.5 Å². The Morgan fingerprint density at radius 1 is 1.07 bits per heavy atom. The first kappa shape index (κ1) is 19.7. The number of carboxylic acid groups (broad SMARTS) is 1. The first-order valence-electron chi connectivity index (χ1n) is 8.31. The molecule has 3 aromatic carbocycles. The number of benzene rings is 3. The molecule has 28 heavy (non-hydrogen) atoms. The fourth-order valence-electron chi connectivity index (χ4n) is 2.38. The molecule has 0 fully saturated rings. The number of nitrogens with one attached hydrogen (secondary N) is 1. The number of carboxylic acids is 1. The van der Waals surface area contributed by atoms with Crippen LogP contribution in [0.25, 0.3) is 0 Å². The highest BCUT2D eigenvalue weighted by molar-refractivity contribution is 6.35. The van der Waals surface area contributed by atoms with Crippen LogP contribution in [0.5, 0.6) is 5.75 Å². The normalized spacial score (nSPS) is 10.8. The largest absolute Gasteiger partial charge is 0.488 e. The van der Waals surface area contributed by atoms with Crippen molar-refractivity contribution in [2.45, 2.75) is 6.61 Å². The van der Waals surface area contributed by atoms with Gasteiger partial charge in [0.15, 0.2) is 0 Å². The van der Waals surface area contributed by atoms with Crippen molar-refractivity contribution in [3.8, 4) is 5.75 Å². The van der Waals surface area contributed by atoms with Crippen molar-refractivity contribution in [1.29, 1.82) is 0 Å². The highest BCUT2D eigenvalue weighted by Gasteiger charge is 2.05. The lowest BCUT2D eigenvalue weighted by atomic mass is 10.2. The number of para-hydroxylation sites is 1. The van der Waals surface area contributed by atoms with Crippen LogP contribution < -0.4 is 10.2 Å². The molecule has 0 aliphatic carbocycles. The summed E-state index contributed by atoms with van der Waals surface area (Å²) >= 11 is 12.1. The minimum absolute atomic E-state index is 0.217. The van der Waals surface area contributed by atoms with Gasteiger partial charge in [0.05, 0.1) is 17.5 Å². The Balaban J connectivity index is 1.66. The number of hydrogen-bond donors (Lipinski definition) is 2. The van der Waals surface area contributed by atoms with Gasteiger partial charge in [0, 0.05) is 21.2 Å². The van der Waals surface area contributed by atoms with Crippen molar-refractivity contribution < 1.29 is 14.6 Å². The fourth-order valence-corrected chi connectivity index (χ4v) is 2.84.